The molecule has 0 bridgehead atoms. The molecule has 2 rings (SSSR count). The quantitative estimate of drug-likeness (QED) is 0.870. The molecule has 3 nitrogen and oxygen atoms in total. The van der Waals surface area contributed by atoms with Crippen LogP contribution in [0.2, 0.25) is 5.02 Å². The number of carbonyl (C=O) groups excluding carboxylic acids is 1. The van der Waals surface area contributed by atoms with Gasteiger partial charge in [-0.15, -0.1) is 22.9 Å². The Morgan fingerprint density at radius 3 is 2.89 bits per heavy atom. The molecule has 0 aliphatic rings. The molecule has 7 heteroatoms. The van der Waals surface area contributed by atoms with Crippen molar-refractivity contribution >= 4 is 46.1 Å². The average molecular weight is 319 g/mol. The first-order chi connectivity index (χ1) is 9.08. The minimum Gasteiger partial charge on any atom is -0.326 e. The molecular weight excluding hydrogens is 310 g/mol. The number of nitrogens with one attached hydrogen (secondary N) is 1. The van der Waals surface area contributed by atoms with E-state index in [0.717, 1.165) is 5.69 Å². The third kappa shape index (κ3) is 3.89. The molecule has 0 saturated heterocycles. The van der Waals surface area contributed by atoms with Gasteiger partial charge in [-0.1, -0.05) is 11.6 Å². The fourth-order valence-electron chi connectivity index (χ4n) is 1.41. The number of thiazole rings is 1. The molecule has 1 amide bonds. The minimum absolute atomic E-state index is 0.0310. The fourth-order valence-corrected chi connectivity index (χ4v) is 2.61. The highest BCUT2D eigenvalue weighted by Crippen LogP contribution is 2.20. The predicted molar refractivity (Wildman–Crippen MR) is 75.4 cm³/mol. The third-order valence-corrected chi connectivity index (χ3v) is 3.71. The summed E-state index contributed by atoms with van der Waals surface area (Å²) in [5.74, 6) is -0.435. The van der Waals surface area contributed by atoms with Crippen LogP contribution in [0.3, 0.4) is 0 Å². The summed E-state index contributed by atoms with van der Waals surface area (Å²) in [6.07, 6.45) is 0.149. The molecule has 2 aromatic rings. The van der Waals surface area contributed by atoms with Gasteiger partial charge in [-0.25, -0.2) is 9.37 Å². The molecule has 0 spiro atoms. The number of nitrogens with zero attached hydrogens (tertiary/aromatic N) is 1. The zero-order valence-corrected chi connectivity index (χ0v) is 11.9. The van der Waals surface area contributed by atoms with Gasteiger partial charge in [-0.05, 0) is 18.2 Å². The van der Waals surface area contributed by atoms with Crippen LogP contribution in [0.25, 0.3) is 0 Å². The van der Waals surface area contributed by atoms with Crippen LogP contribution in [0.5, 0.6) is 0 Å². The van der Waals surface area contributed by atoms with Crippen molar-refractivity contribution in [3.63, 3.8) is 0 Å². The summed E-state index contributed by atoms with van der Waals surface area (Å²) < 4.78 is 13.0. The number of halogens is 3. The van der Waals surface area contributed by atoms with Crippen LogP contribution < -0.4 is 5.32 Å². The molecule has 1 aromatic heterocycles. The molecule has 0 radical (unpaired) electrons. The number of alkyl halides is 1. The molecule has 0 saturated carbocycles. The molecule has 19 heavy (non-hydrogen) atoms. The second-order valence-electron chi connectivity index (χ2n) is 3.72. The summed E-state index contributed by atoms with van der Waals surface area (Å²) in [6.45, 7) is 0. The van der Waals surface area contributed by atoms with Gasteiger partial charge in [0.1, 0.15) is 10.8 Å². The smallest absolute Gasteiger partial charge is 0.231 e. The molecule has 1 aromatic carbocycles. The molecule has 0 aliphatic carbocycles. The maximum Gasteiger partial charge on any atom is 0.231 e. The highest BCUT2D eigenvalue weighted by Gasteiger charge is 2.09. The Kier molecular flexibility index (Phi) is 4.74. The van der Waals surface area contributed by atoms with Crippen LogP contribution in [0.1, 0.15) is 10.7 Å². The van der Waals surface area contributed by atoms with Gasteiger partial charge >= 0.3 is 0 Å². The maximum absolute atomic E-state index is 13.0. The van der Waals surface area contributed by atoms with Crippen LogP contribution in [-0.2, 0) is 17.1 Å². The summed E-state index contributed by atoms with van der Waals surface area (Å²) in [4.78, 5) is 15.9. The molecule has 1 N–H and O–H groups in total. The topological polar surface area (TPSA) is 42.0 Å². The minimum atomic E-state index is -0.522. The number of rotatable bonds is 4. The summed E-state index contributed by atoms with van der Waals surface area (Å²) in [6, 6.07) is 4.01. The van der Waals surface area contributed by atoms with E-state index in [9.17, 15) is 9.18 Å². The van der Waals surface area contributed by atoms with Gasteiger partial charge in [-0.2, -0.15) is 0 Å². The van der Waals surface area contributed by atoms with Crippen molar-refractivity contribution in [2.75, 3.05) is 5.32 Å². The first kappa shape index (κ1) is 14.2. The van der Waals surface area contributed by atoms with Gasteiger partial charge < -0.3 is 5.32 Å². The van der Waals surface area contributed by atoms with Crippen LogP contribution >= 0.6 is 34.5 Å². The van der Waals surface area contributed by atoms with Crippen LogP contribution in [0.15, 0.2) is 23.6 Å². The fraction of sp³-hybridized carbons (Fsp3) is 0.167. The van der Waals surface area contributed by atoms with Crippen molar-refractivity contribution in [3.05, 3.63) is 45.1 Å². The largest absolute Gasteiger partial charge is 0.326 e. The van der Waals surface area contributed by atoms with Gasteiger partial charge in [0.05, 0.1) is 23.0 Å². The van der Waals surface area contributed by atoms with E-state index in [1.807, 2.05) is 5.38 Å². The van der Waals surface area contributed by atoms with Crippen molar-refractivity contribution in [2.45, 2.75) is 12.3 Å². The van der Waals surface area contributed by atoms with Crippen molar-refractivity contribution in [1.82, 2.24) is 4.98 Å². The Morgan fingerprint density at radius 2 is 2.26 bits per heavy atom. The van der Waals surface area contributed by atoms with Gasteiger partial charge in [0.25, 0.3) is 0 Å². The van der Waals surface area contributed by atoms with Crippen LogP contribution in [0.4, 0.5) is 10.1 Å². The molecule has 0 unspecified atom stereocenters. The first-order valence-electron chi connectivity index (χ1n) is 5.32. The lowest BCUT2D eigenvalue weighted by Crippen LogP contribution is -2.14. The number of anilines is 1. The SMILES string of the molecule is O=C(Cc1nc(CCl)cs1)Nc1ccc(F)c(Cl)c1. The van der Waals surface area contributed by atoms with Gasteiger partial charge in [0.15, 0.2) is 0 Å². The standard InChI is InChI=1S/C12H9Cl2FN2OS/c13-5-8-6-19-12(17-8)4-11(18)16-7-1-2-10(15)9(14)3-7/h1-3,6H,4-5H2,(H,16,18). The summed E-state index contributed by atoms with van der Waals surface area (Å²) in [5, 5.41) is 5.09. The first-order valence-corrected chi connectivity index (χ1v) is 7.12. The lowest BCUT2D eigenvalue weighted by atomic mass is 10.3. The highest BCUT2D eigenvalue weighted by atomic mass is 35.5. The van der Waals surface area contributed by atoms with E-state index in [4.69, 9.17) is 23.2 Å². The molecular formula is C12H9Cl2FN2OS. The van der Waals surface area contributed by atoms with Crippen molar-refractivity contribution < 1.29 is 9.18 Å². The molecule has 0 fully saturated rings. The van der Waals surface area contributed by atoms with Gasteiger partial charge in [0, 0.05) is 11.1 Å². The second kappa shape index (κ2) is 6.32. The number of aromatic nitrogens is 1. The van der Waals surface area contributed by atoms with Crippen molar-refractivity contribution in [3.8, 4) is 0 Å². The number of hydrogen-bond donors (Lipinski definition) is 1. The monoisotopic (exact) mass is 318 g/mol. The van der Waals surface area contributed by atoms with Crippen LogP contribution in [-0.4, -0.2) is 10.9 Å². The number of benzene rings is 1. The second-order valence-corrected chi connectivity index (χ2v) is 5.34. The zero-order valence-electron chi connectivity index (χ0n) is 9.62. The Hall–Kier alpha value is -1.17. The highest BCUT2D eigenvalue weighted by molar-refractivity contribution is 7.09. The average Bonchev–Trinajstić information content (AvgIpc) is 2.81. The van der Waals surface area contributed by atoms with E-state index >= 15 is 0 Å². The Bertz CT molecular complexity index is 603. The lowest BCUT2D eigenvalue weighted by molar-refractivity contribution is -0.115. The normalized spacial score (nSPS) is 10.5. The Morgan fingerprint density at radius 1 is 1.47 bits per heavy atom. The van der Waals surface area contributed by atoms with Crippen LogP contribution in [0, 0.1) is 5.82 Å². The number of hydrogen-bond acceptors (Lipinski definition) is 3. The van der Waals surface area contributed by atoms with E-state index in [1.54, 1.807) is 0 Å². The molecule has 100 valence electrons. The zero-order chi connectivity index (χ0) is 13.8. The summed E-state index contributed by atoms with van der Waals surface area (Å²) in [5.41, 5.74) is 1.20. The molecule has 0 aliphatic heterocycles. The summed E-state index contributed by atoms with van der Waals surface area (Å²) >= 11 is 12.6. The van der Waals surface area contributed by atoms with Gasteiger partial charge in [-0.3, -0.25) is 4.79 Å². The van der Waals surface area contributed by atoms with E-state index in [-0.39, 0.29) is 17.4 Å². The van der Waals surface area contributed by atoms with Crippen molar-refractivity contribution in [2.24, 2.45) is 0 Å². The molecule has 0 atom stereocenters. The number of amides is 1. The molecule has 1 heterocycles. The van der Waals surface area contributed by atoms with Crippen molar-refractivity contribution in [1.29, 1.82) is 0 Å². The Balaban J connectivity index is 1.98. The lowest BCUT2D eigenvalue weighted by Gasteiger charge is -2.04. The maximum atomic E-state index is 13.0. The summed E-state index contributed by atoms with van der Waals surface area (Å²) in [7, 11) is 0. The number of carbonyl (C=O) groups is 1. The predicted octanol–water partition coefficient (Wildman–Crippen LogP) is 3.86. The van der Waals surface area contributed by atoms with E-state index < -0.39 is 5.82 Å². The van der Waals surface area contributed by atoms with E-state index in [0.29, 0.717) is 16.6 Å². The van der Waals surface area contributed by atoms with E-state index in [2.05, 4.69) is 10.3 Å². The van der Waals surface area contributed by atoms with E-state index in [1.165, 1.54) is 29.5 Å². The Labute approximate surface area is 123 Å². The third-order valence-electron chi connectivity index (χ3n) is 2.25. The van der Waals surface area contributed by atoms with Gasteiger partial charge in [0.2, 0.25) is 5.91 Å².